The smallest absolute Gasteiger partial charge is 0.255 e. The maximum absolute atomic E-state index is 13.4. The molecule has 0 saturated carbocycles. The van der Waals surface area contributed by atoms with E-state index in [1.165, 1.54) is 18.2 Å². The van der Waals surface area contributed by atoms with Gasteiger partial charge in [0, 0.05) is 15.5 Å². The van der Waals surface area contributed by atoms with Gasteiger partial charge in [-0.15, -0.1) is 12.6 Å². The Kier molecular flexibility index (Phi) is 3.89. The lowest BCUT2D eigenvalue weighted by Gasteiger charge is -2.07. The second-order valence-corrected chi connectivity index (χ2v) is 4.58. The summed E-state index contributed by atoms with van der Waals surface area (Å²) in [7, 11) is 0. The number of carbonyl (C=O) groups is 1. The summed E-state index contributed by atoms with van der Waals surface area (Å²) in [6, 6.07) is 10.6. The second kappa shape index (κ2) is 5.42. The molecule has 0 aliphatic heterocycles. The molecule has 0 heterocycles. The van der Waals surface area contributed by atoms with Crippen molar-refractivity contribution < 1.29 is 9.18 Å². The Morgan fingerprint density at radius 2 is 1.83 bits per heavy atom. The van der Waals surface area contributed by atoms with Crippen LogP contribution >= 0.6 is 24.2 Å². The van der Waals surface area contributed by atoms with E-state index in [9.17, 15) is 9.18 Å². The van der Waals surface area contributed by atoms with Gasteiger partial charge in [0.15, 0.2) is 0 Å². The summed E-state index contributed by atoms with van der Waals surface area (Å²) < 4.78 is 13.4. The van der Waals surface area contributed by atoms with E-state index in [0.29, 0.717) is 10.6 Å². The Hall–Kier alpha value is -1.52. The topological polar surface area (TPSA) is 29.1 Å². The maximum Gasteiger partial charge on any atom is 0.255 e. The van der Waals surface area contributed by atoms with E-state index in [1.54, 1.807) is 24.3 Å². The molecule has 2 aromatic rings. The van der Waals surface area contributed by atoms with Crippen molar-refractivity contribution in [3.05, 3.63) is 58.9 Å². The number of rotatable bonds is 2. The van der Waals surface area contributed by atoms with Gasteiger partial charge in [0.2, 0.25) is 0 Å². The zero-order valence-corrected chi connectivity index (χ0v) is 10.8. The minimum absolute atomic E-state index is 0.0578. The molecule has 0 fully saturated rings. The van der Waals surface area contributed by atoms with Crippen LogP contribution in [0.2, 0.25) is 5.02 Å². The van der Waals surface area contributed by atoms with E-state index in [1.807, 2.05) is 0 Å². The van der Waals surface area contributed by atoms with Crippen LogP contribution in [0.15, 0.2) is 47.4 Å². The predicted molar refractivity (Wildman–Crippen MR) is 73.1 cm³/mol. The van der Waals surface area contributed by atoms with E-state index in [0.717, 1.165) is 4.90 Å². The average molecular weight is 282 g/mol. The third kappa shape index (κ3) is 3.03. The van der Waals surface area contributed by atoms with Gasteiger partial charge in [0.1, 0.15) is 5.82 Å². The Morgan fingerprint density at radius 3 is 2.50 bits per heavy atom. The molecular weight excluding hydrogens is 273 g/mol. The van der Waals surface area contributed by atoms with Crippen LogP contribution in [-0.4, -0.2) is 5.91 Å². The van der Waals surface area contributed by atoms with Crippen molar-refractivity contribution in [2.75, 3.05) is 5.32 Å². The molecule has 1 amide bonds. The van der Waals surface area contributed by atoms with Crippen molar-refractivity contribution in [3.63, 3.8) is 0 Å². The summed E-state index contributed by atoms with van der Waals surface area (Å²) in [6.07, 6.45) is 0. The Morgan fingerprint density at radius 1 is 1.17 bits per heavy atom. The number of nitrogens with one attached hydrogen (secondary N) is 1. The van der Waals surface area contributed by atoms with Crippen molar-refractivity contribution in [3.8, 4) is 0 Å². The van der Waals surface area contributed by atoms with Crippen LogP contribution in [-0.2, 0) is 0 Å². The number of benzene rings is 2. The maximum atomic E-state index is 13.4. The average Bonchev–Trinajstić information content (AvgIpc) is 2.34. The molecule has 2 nitrogen and oxygen atoms in total. The van der Waals surface area contributed by atoms with E-state index < -0.39 is 11.7 Å². The van der Waals surface area contributed by atoms with Crippen molar-refractivity contribution >= 4 is 35.8 Å². The summed E-state index contributed by atoms with van der Waals surface area (Å²) >= 11 is 9.86. The number of thiol groups is 1. The summed E-state index contributed by atoms with van der Waals surface area (Å²) in [6.45, 7) is 0. The van der Waals surface area contributed by atoms with E-state index in [-0.39, 0.29) is 5.69 Å². The van der Waals surface area contributed by atoms with Crippen LogP contribution < -0.4 is 5.32 Å². The van der Waals surface area contributed by atoms with Crippen LogP contribution in [0.4, 0.5) is 10.1 Å². The molecule has 0 bridgehead atoms. The molecule has 0 aliphatic carbocycles. The highest BCUT2D eigenvalue weighted by atomic mass is 35.5. The third-order valence-electron chi connectivity index (χ3n) is 2.31. The van der Waals surface area contributed by atoms with E-state index >= 15 is 0 Å². The molecule has 0 spiro atoms. The molecule has 5 heteroatoms. The summed E-state index contributed by atoms with van der Waals surface area (Å²) in [5.74, 6) is -0.928. The fourth-order valence-corrected chi connectivity index (χ4v) is 1.72. The molecular formula is C13H9ClFNOS. The molecule has 0 atom stereocenters. The van der Waals surface area contributed by atoms with Gasteiger partial charge in [0.05, 0.1) is 5.69 Å². The van der Waals surface area contributed by atoms with Crippen LogP contribution in [0, 0.1) is 5.82 Å². The molecule has 2 aromatic carbocycles. The van der Waals surface area contributed by atoms with Crippen LogP contribution in [0.1, 0.15) is 10.4 Å². The van der Waals surface area contributed by atoms with Gasteiger partial charge in [-0.05, 0) is 42.5 Å². The van der Waals surface area contributed by atoms with Gasteiger partial charge in [-0.1, -0.05) is 11.6 Å². The van der Waals surface area contributed by atoms with Gasteiger partial charge in [-0.3, -0.25) is 4.79 Å². The third-order valence-corrected chi connectivity index (χ3v) is 2.84. The van der Waals surface area contributed by atoms with Crippen LogP contribution in [0.25, 0.3) is 0 Å². The minimum atomic E-state index is -0.529. The first-order valence-corrected chi connectivity index (χ1v) is 5.94. The summed E-state index contributed by atoms with van der Waals surface area (Å²) in [5.41, 5.74) is 0.481. The number of amides is 1. The highest BCUT2D eigenvalue weighted by molar-refractivity contribution is 7.80. The Balaban J connectivity index is 2.21. The Bertz CT molecular complexity index is 586. The lowest BCUT2D eigenvalue weighted by Crippen LogP contribution is -2.12. The molecule has 0 unspecified atom stereocenters. The van der Waals surface area contributed by atoms with Gasteiger partial charge in [-0.25, -0.2) is 4.39 Å². The molecule has 0 radical (unpaired) electrons. The molecule has 18 heavy (non-hydrogen) atoms. The first-order valence-electron chi connectivity index (χ1n) is 5.12. The normalized spacial score (nSPS) is 10.2. The standard InChI is InChI=1S/C13H9ClFNOS/c14-9-3-6-11(15)12(7-9)16-13(17)8-1-4-10(18)5-2-8/h1-7,18H,(H,16,17). The lowest BCUT2D eigenvalue weighted by atomic mass is 10.2. The molecule has 0 aliphatic rings. The number of hydrogen-bond donors (Lipinski definition) is 2. The summed E-state index contributed by atoms with van der Waals surface area (Å²) in [4.78, 5) is 12.6. The first kappa shape index (κ1) is 12.9. The number of halogens is 2. The fourth-order valence-electron chi connectivity index (χ4n) is 1.40. The Labute approximate surface area is 114 Å². The fraction of sp³-hybridized carbons (Fsp3) is 0. The van der Waals surface area contributed by atoms with Gasteiger partial charge >= 0.3 is 0 Å². The quantitative estimate of drug-likeness (QED) is 0.800. The van der Waals surface area contributed by atoms with Gasteiger partial charge in [0.25, 0.3) is 5.91 Å². The van der Waals surface area contributed by atoms with E-state index in [2.05, 4.69) is 17.9 Å². The van der Waals surface area contributed by atoms with E-state index in [4.69, 9.17) is 11.6 Å². The van der Waals surface area contributed by atoms with Crippen molar-refractivity contribution in [2.24, 2.45) is 0 Å². The predicted octanol–water partition coefficient (Wildman–Crippen LogP) is 4.02. The van der Waals surface area contributed by atoms with Crippen LogP contribution in [0.5, 0.6) is 0 Å². The van der Waals surface area contributed by atoms with Crippen molar-refractivity contribution in [1.29, 1.82) is 0 Å². The van der Waals surface area contributed by atoms with Gasteiger partial charge < -0.3 is 5.32 Å². The molecule has 2 rings (SSSR count). The number of carbonyl (C=O) groups excluding carboxylic acids is 1. The molecule has 0 saturated heterocycles. The van der Waals surface area contributed by atoms with Crippen molar-refractivity contribution in [2.45, 2.75) is 4.90 Å². The zero-order chi connectivity index (χ0) is 13.1. The van der Waals surface area contributed by atoms with Crippen LogP contribution in [0.3, 0.4) is 0 Å². The minimum Gasteiger partial charge on any atom is -0.319 e. The second-order valence-electron chi connectivity index (χ2n) is 3.63. The number of anilines is 1. The largest absolute Gasteiger partial charge is 0.319 e. The highest BCUT2D eigenvalue weighted by Crippen LogP contribution is 2.20. The first-order chi connectivity index (χ1) is 8.56. The zero-order valence-electron chi connectivity index (χ0n) is 9.15. The van der Waals surface area contributed by atoms with Crippen molar-refractivity contribution in [1.82, 2.24) is 0 Å². The molecule has 0 aromatic heterocycles. The number of hydrogen-bond acceptors (Lipinski definition) is 2. The molecule has 92 valence electrons. The monoisotopic (exact) mass is 281 g/mol. The molecule has 1 N–H and O–H groups in total. The summed E-state index contributed by atoms with van der Waals surface area (Å²) in [5, 5.41) is 2.82. The highest BCUT2D eigenvalue weighted by Gasteiger charge is 2.09. The SMILES string of the molecule is O=C(Nc1cc(Cl)ccc1F)c1ccc(S)cc1. The lowest BCUT2D eigenvalue weighted by molar-refractivity contribution is 0.102. The van der Waals surface area contributed by atoms with Gasteiger partial charge in [-0.2, -0.15) is 0 Å².